The summed E-state index contributed by atoms with van der Waals surface area (Å²) in [7, 11) is 0. The molecule has 0 saturated carbocycles. The average Bonchev–Trinajstić information content (AvgIpc) is 2.83. The molecule has 1 atom stereocenters. The van der Waals surface area contributed by atoms with Crippen LogP contribution in [0.1, 0.15) is 23.8 Å². The number of amides is 1. The Balaban J connectivity index is 1.58. The fourth-order valence-corrected chi connectivity index (χ4v) is 4.76. The minimum absolute atomic E-state index is 0.0105. The number of aryl methyl sites for hydroxylation is 1. The van der Waals surface area contributed by atoms with Crippen molar-refractivity contribution in [1.29, 1.82) is 0 Å². The van der Waals surface area contributed by atoms with Crippen molar-refractivity contribution in [3.8, 4) is 0 Å². The van der Waals surface area contributed by atoms with Gasteiger partial charge in [-0.1, -0.05) is 6.92 Å². The Morgan fingerprint density at radius 1 is 1.48 bits per heavy atom. The molecule has 2 aromatic rings. The minimum atomic E-state index is -0.422. The molecule has 1 unspecified atom stereocenters. The van der Waals surface area contributed by atoms with Crippen LogP contribution in [0.4, 0.5) is 5.82 Å². The van der Waals surface area contributed by atoms with Crippen molar-refractivity contribution in [2.75, 3.05) is 24.6 Å². The monoisotopic (exact) mass is 332 g/mol. The molecule has 2 aliphatic rings. The molecule has 1 fully saturated rings. The lowest BCUT2D eigenvalue weighted by Crippen LogP contribution is -2.53. The van der Waals surface area contributed by atoms with Gasteiger partial charge in [0.25, 0.3) is 0 Å². The molecule has 0 radical (unpaired) electrons. The van der Waals surface area contributed by atoms with Crippen LogP contribution in [-0.4, -0.2) is 41.7 Å². The highest BCUT2D eigenvalue weighted by molar-refractivity contribution is 7.19. The van der Waals surface area contributed by atoms with E-state index in [0.717, 1.165) is 42.5 Å². The number of nitrogens with zero attached hydrogens (tertiary/aromatic N) is 3. The number of fused-ring (bicyclic) bond motifs is 3. The standard InChI is InChI=1S/C16H20N4O2S/c1-9-2-3-11-12(4-9)23-16-14(11)15(18-8-19-16)20-5-10(6-20)22-7-13(17)21/h8-10H,2-7H2,1H3,(H2,17,21). The Morgan fingerprint density at radius 3 is 3.09 bits per heavy atom. The molecule has 2 N–H and O–H groups in total. The van der Waals surface area contributed by atoms with E-state index in [2.05, 4.69) is 21.8 Å². The second kappa shape index (κ2) is 5.72. The summed E-state index contributed by atoms with van der Waals surface area (Å²) in [5.74, 6) is 1.34. The van der Waals surface area contributed by atoms with E-state index in [-0.39, 0.29) is 12.7 Å². The lowest BCUT2D eigenvalue weighted by Gasteiger charge is -2.39. The van der Waals surface area contributed by atoms with Gasteiger partial charge in [0.15, 0.2) is 0 Å². The van der Waals surface area contributed by atoms with Crippen LogP contribution in [0.2, 0.25) is 0 Å². The molecule has 0 spiro atoms. The summed E-state index contributed by atoms with van der Waals surface area (Å²) in [6, 6.07) is 0. The van der Waals surface area contributed by atoms with E-state index in [1.807, 2.05) is 11.3 Å². The molecule has 1 aliphatic heterocycles. The SMILES string of the molecule is CC1CCc2c(sc3ncnc(N4CC(OCC(N)=O)C4)c23)C1. The number of carbonyl (C=O) groups excluding carboxylic acids is 1. The number of carbonyl (C=O) groups is 1. The number of hydrogen-bond acceptors (Lipinski definition) is 6. The lowest BCUT2D eigenvalue weighted by atomic mass is 9.89. The Morgan fingerprint density at radius 2 is 2.30 bits per heavy atom. The molecule has 7 heteroatoms. The van der Waals surface area contributed by atoms with Gasteiger partial charge in [-0.2, -0.15) is 0 Å². The highest BCUT2D eigenvalue weighted by Gasteiger charge is 2.32. The number of rotatable bonds is 4. The van der Waals surface area contributed by atoms with E-state index in [4.69, 9.17) is 10.5 Å². The maximum Gasteiger partial charge on any atom is 0.243 e. The second-order valence-corrected chi connectivity index (χ2v) is 7.62. The van der Waals surface area contributed by atoms with Crippen LogP contribution in [0.15, 0.2) is 6.33 Å². The first-order valence-electron chi connectivity index (χ1n) is 8.02. The highest BCUT2D eigenvalue weighted by atomic mass is 32.1. The highest BCUT2D eigenvalue weighted by Crippen LogP contribution is 2.41. The van der Waals surface area contributed by atoms with Crippen LogP contribution in [-0.2, 0) is 22.4 Å². The molecular formula is C16H20N4O2S. The number of aromatic nitrogens is 2. The molecule has 6 nitrogen and oxygen atoms in total. The predicted molar refractivity (Wildman–Crippen MR) is 89.8 cm³/mol. The van der Waals surface area contributed by atoms with Crippen LogP contribution < -0.4 is 10.6 Å². The number of thiophene rings is 1. The number of ether oxygens (including phenoxy) is 1. The fraction of sp³-hybridized carbons (Fsp3) is 0.562. The quantitative estimate of drug-likeness (QED) is 0.918. The van der Waals surface area contributed by atoms with Gasteiger partial charge in [0.2, 0.25) is 5.91 Å². The lowest BCUT2D eigenvalue weighted by molar-refractivity contribution is -0.125. The summed E-state index contributed by atoms with van der Waals surface area (Å²) in [5.41, 5.74) is 6.56. The Labute approximate surface area is 138 Å². The zero-order valence-electron chi connectivity index (χ0n) is 13.1. The third-order valence-corrected chi connectivity index (χ3v) is 5.84. The van der Waals surface area contributed by atoms with Gasteiger partial charge in [0.05, 0.1) is 11.5 Å². The van der Waals surface area contributed by atoms with Crippen LogP contribution in [0, 0.1) is 5.92 Å². The molecule has 1 aliphatic carbocycles. The Bertz CT molecular complexity index is 754. The van der Waals surface area contributed by atoms with Crippen molar-refractivity contribution >= 4 is 33.3 Å². The summed E-state index contributed by atoms with van der Waals surface area (Å²) in [4.78, 5) is 24.6. The van der Waals surface area contributed by atoms with Crippen molar-refractivity contribution in [3.63, 3.8) is 0 Å². The Kier molecular flexibility index (Phi) is 3.69. The van der Waals surface area contributed by atoms with Gasteiger partial charge in [-0.25, -0.2) is 9.97 Å². The average molecular weight is 332 g/mol. The third-order valence-electron chi connectivity index (χ3n) is 4.68. The Hall–Kier alpha value is -1.73. The largest absolute Gasteiger partial charge is 0.368 e. The molecule has 0 bridgehead atoms. The van der Waals surface area contributed by atoms with Crippen molar-refractivity contribution in [2.45, 2.75) is 32.3 Å². The molecule has 1 saturated heterocycles. The summed E-state index contributed by atoms with van der Waals surface area (Å²) in [5, 5.41) is 1.23. The molecule has 122 valence electrons. The van der Waals surface area contributed by atoms with Crippen molar-refractivity contribution < 1.29 is 9.53 Å². The first-order valence-corrected chi connectivity index (χ1v) is 8.83. The van der Waals surface area contributed by atoms with E-state index >= 15 is 0 Å². The van der Waals surface area contributed by atoms with E-state index in [1.165, 1.54) is 22.2 Å². The summed E-state index contributed by atoms with van der Waals surface area (Å²) in [6.45, 7) is 3.81. The molecule has 1 amide bonds. The normalized spacial score (nSPS) is 21.3. The van der Waals surface area contributed by atoms with Gasteiger partial charge in [-0.05, 0) is 30.7 Å². The number of anilines is 1. The maximum atomic E-state index is 10.8. The molecule has 3 heterocycles. The minimum Gasteiger partial charge on any atom is -0.368 e. The number of hydrogen-bond donors (Lipinski definition) is 1. The zero-order valence-corrected chi connectivity index (χ0v) is 13.9. The van der Waals surface area contributed by atoms with Gasteiger partial charge >= 0.3 is 0 Å². The number of primary amides is 1. The summed E-state index contributed by atoms with van der Waals surface area (Å²) in [6.07, 6.45) is 5.21. The van der Waals surface area contributed by atoms with E-state index in [1.54, 1.807) is 6.33 Å². The first-order chi connectivity index (χ1) is 11.1. The van der Waals surface area contributed by atoms with E-state index in [9.17, 15) is 4.79 Å². The van der Waals surface area contributed by atoms with Gasteiger partial charge in [-0.15, -0.1) is 11.3 Å². The number of nitrogens with two attached hydrogens (primary N) is 1. The summed E-state index contributed by atoms with van der Waals surface area (Å²) >= 11 is 1.81. The van der Waals surface area contributed by atoms with Gasteiger partial charge < -0.3 is 15.4 Å². The molecule has 4 rings (SSSR count). The summed E-state index contributed by atoms with van der Waals surface area (Å²) < 4.78 is 5.45. The van der Waals surface area contributed by atoms with Crippen LogP contribution >= 0.6 is 11.3 Å². The molecule has 0 aromatic carbocycles. The van der Waals surface area contributed by atoms with Crippen molar-refractivity contribution in [1.82, 2.24) is 9.97 Å². The van der Waals surface area contributed by atoms with E-state index < -0.39 is 5.91 Å². The molecular weight excluding hydrogens is 312 g/mol. The van der Waals surface area contributed by atoms with Gasteiger partial charge in [-0.3, -0.25) is 4.79 Å². The predicted octanol–water partition coefficient (Wildman–Crippen LogP) is 1.51. The smallest absolute Gasteiger partial charge is 0.243 e. The first kappa shape index (κ1) is 14.8. The van der Waals surface area contributed by atoms with Crippen LogP contribution in [0.25, 0.3) is 10.2 Å². The third kappa shape index (κ3) is 2.68. The topological polar surface area (TPSA) is 81.3 Å². The van der Waals surface area contributed by atoms with E-state index in [0.29, 0.717) is 0 Å². The zero-order chi connectivity index (χ0) is 16.0. The molecule has 2 aromatic heterocycles. The van der Waals surface area contributed by atoms with Crippen LogP contribution in [0.3, 0.4) is 0 Å². The van der Waals surface area contributed by atoms with Crippen LogP contribution in [0.5, 0.6) is 0 Å². The maximum absolute atomic E-state index is 10.8. The van der Waals surface area contributed by atoms with Crippen molar-refractivity contribution in [3.05, 3.63) is 16.8 Å². The van der Waals surface area contributed by atoms with Gasteiger partial charge in [0.1, 0.15) is 23.6 Å². The van der Waals surface area contributed by atoms with Crippen molar-refractivity contribution in [2.24, 2.45) is 11.7 Å². The molecule has 23 heavy (non-hydrogen) atoms. The second-order valence-electron chi connectivity index (χ2n) is 6.53. The fourth-order valence-electron chi connectivity index (χ4n) is 3.41. The van der Waals surface area contributed by atoms with Gasteiger partial charge in [0, 0.05) is 18.0 Å².